The number of phenols is 1. The van der Waals surface area contributed by atoms with Crippen LogP contribution in [-0.4, -0.2) is 66.7 Å². The number of nitrogens with zero attached hydrogens (tertiary/aromatic N) is 3. The summed E-state index contributed by atoms with van der Waals surface area (Å²) in [4.78, 5) is 15.4. The molecule has 35 heavy (non-hydrogen) atoms. The van der Waals surface area contributed by atoms with E-state index >= 15 is 0 Å². The molecule has 0 unspecified atom stereocenters. The quantitative estimate of drug-likeness (QED) is 0.383. The Balaban J connectivity index is 1.44. The molecule has 2 fully saturated rings. The van der Waals surface area contributed by atoms with Gasteiger partial charge in [0.15, 0.2) is 17.6 Å². The van der Waals surface area contributed by atoms with Crippen molar-refractivity contribution in [3.8, 4) is 11.5 Å². The van der Waals surface area contributed by atoms with Crippen molar-refractivity contribution < 1.29 is 24.9 Å². The molecule has 2 aliphatic heterocycles. The zero-order valence-electron chi connectivity index (χ0n) is 20.3. The average molecular weight is 481 g/mol. The normalized spacial score (nSPS) is 32.0. The monoisotopic (exact) mass is 480 g/mol. The van der Waals surface area contributed by atoms with E-state index in [9.17, 15) is 20.1 Å². The molecule has 2 bridgehead atoms. The van der Waals surface area contributed by atoms with Crippen LogP contribution in [0.5, 0.6) is 11.5 Å². The van der Waals surface area contributed by atoms with Crippen molar-refractivity contribution in [2.24, 2.45) is 13.0 Å². The molecule has 9 nitrogen and oxygen atoms in total. The van der Waals surface area contributed by atoms with E-state index in [0.717, 1.165) is 24.2 Å². The Morgan fingerprint density at radius 3 is 2.77 bits per heavy atom. The summed E-state index contributed by atoms with van der Waals surface area (Å²) < 4.78 is 7.79. The second kappa shape index (κ2) is 7.48. The topological polar surface area (TPSA) is 120 Å². The fourth-order valence-corrected chi connectivity index (χ4v) is 6.59. The second-order valence-electron chi connectivity index (χ2n) is 10.8. The van der Waals surface area contributed by atoms with Gasteiger partial charge in [0, 0.05) is 31.3 Å². The highest BCUT2D eigenvalue weighted by molar-refractivity contribution is 6.03. The lowest BCUT2D eigenvalue weighted by atomic mass is 9.53. The largest absolute Gasteiger partial charge is 0.508 e. The summed E-state index contributed by atoms with van der Waals surface area (Å²) in [5, 5.41) is 41.2. The van der Waals surface area contributed by atoms with Crippen molar-refractivity contribution in [1.29, 1.82) is 0 Å². The first kappa shape index (κ1) is 22.4. The minimum absolute atomic E-state index is 0.0231. The van der Waals surface area contributed by atoms with Crippen molar-refractivity contribution in [1.82, 2.24) is 14.7 Å². The first-order valence-corrected chi connectivity index (χ1v) is 12.3. The fraction of sp³-hybridized carbons (Fsp3) is 0.538. The van der Waals surface area contributed by atoms with Crippen LogP contribution in [0.3, 0.4) is 0 Å². The lowest BCUT2D eigenvalue weighted by molar-refractivity contribution is -0.153. The number of carbonyl (C=O) groups is 1. The van der Waals surface area contributed by atoms with Crippen LogP contribution in [-0.2, 0) is 23.7 Å². The summed E-state index contributed by atoms with van der Waals surface area (Å²) in [5.74, 6) is 0.735. The van der Waals surface area contributed by atoms with Crippen molar-refractivity contribution in [2.75, 3.05) is 18.4 Å². The van der Waals surface area contributed by atoms with E-state index in [0.29, 0.717) is 30.3 Å². The van der Waals surface area contributed by atoms with Crippen molar-refractivity contribution in [3.05, 3.63) is 46.9 Å². The highest BCUT2D eigenvalue weighted by Gasteiger charge is 2.69. The van der Waals surface area contributed by atoms with Gasteiger partial charge in [0.25, 0.3) is 5.91 Å². The third-order valence-electron chi connectivity index (χ3n) is 8.78. The maximum atomic E-state index is 13.0. The number of likely N-dealkylation sites (tertiary alicyclic amines) is 1. The predicted molar refractivity (Wildman–Crippen MR) is 128 cm³/mol. The summed E-state index contributed by atoms with van der Waals surface area (Å²) in [7, 11) is 1.71. The third kappa shape index (κ3) is 3.07. The molecule has 6 rings (SSSR count). The van der Waals surface area contributed by atoms with Crippen LogP contribution in [0.25, 0.3) is 0 Å². The highest BCUT2D eigenvalue weighted by Crippen LogP contribution is 2.63. The number of fused-ring (bicyclic) bond motifs is 1. The molecule has 186 valence electrons. The smallest absolute Gasteiger partial charge is 0.255 e. The molecular weight excluding hydrogens is 448 g/mol. The number of hydrogen-bond acceptors (Lipinski definition) is 7. The number of aliphatic hydroxyl groups is 2. The van der Waals surface area contributed by atoms with Gasteiger partial charge in [0.2, 0.25) is 0 Å². The Hall–Kier alpha value is -3.04. The lowest BCUT2D eigenvalue weighted by Crippen LogP contribution is -2.73. The molecule has 2 aliphatic carbocycles. The number of rotatable bonds is 5. The van der Waals surface area contributed by atoms with Crippen LogP contribution in [0.1, 0.15) is 44.2 Å². The molecule has 0 radical (unpaired) electrons. The molecule has 1 spiro atoms. The van der Waals surface area contributed by atoms with E-state index in [1.807, 2.05) is 13.0 Å². The maximum Gasteiger partial charge on any atom is 0.255 e. The SMILES string of the molecule is C/C(C(=O)Nc1ccnn1C)=C(/O)[C@@H]1Oc2c(O)ccc3c2[C@@]12CCN(CC1CC1)[C@H](C3)[C@@]2(C)O. The molecule has 1 amide bonds. The van der Waals surface area contributed by atoms with Gasteiger partial charge < -0.3 is 25.4 Å². The van der Waals surface area contributed by atoms with Gasteiger partial charge in [-0.1, -0.05) is 6.07 Å². The van der Waals surface area contributed by atoms with Crippen LogP contribution in [0.2, 0.25) is 0 Å². The van der Waals surface area contributed by atoms with Gasteiger partial charge in [0.05, 0.1) is 22.8 Å². The Labute approximate surface area is 204 Å². The summed E-state index contributed by atoms with van der Waals surface area (Å²) in [6, 6.07) is 5.04. The zero-order chi connectivity index (χ0) is 24.7. The van der Waals surface area contributed by atoms with Crippen molar-refractivity contribution >= 4 is 11.7 Å². The van der Waals surface area contributed by atoms with E-state index in [1.54, 1.807) is 32.3 Å². The number of hydrogen-bond donors (Lipinski definition) is 4. The van der Waals surface area contributed by atoms with Crippen LogP contribution < -0.4 is 10.1 Å². The number of amides is 1. The van der Waals surface area contributed by atoms with Gasteiger partial charge in [-0.15, -0.1) is 0 Å². The molecule has 3 heterocycles. The number of aromatic hydroxyl groups is 1. The number of anilines is 1. The summed E-state index contributed by atoms with van der Waals surface area (Å²) in [6.07, 6.45) is 4.21. The molecule has 4 aliphatic rings. The molecule has 9 heteroatoms. The second-order valence-corrected chi connectivity index (χ2v) is 10.8. The molecule has 4 N–H and O–H groups in total. The average Bonchev–Trinajstić information content (AvgIpc) is 3.43. The number of piperidine rings is 1. The number of nitrogens with one attached hydrogen (secondary N) is 1. The molecule has 1 saturated heterocycles. The number of phenolic OH excluding ortho intramolecular Hbond substituents is 1. The number of aryl methyl sites for hydroxylation is 1. The Kier molecular flexibility index (Phi) is 4.79. The first-order valence-electron chi connectivity index (χ1n) is 12.3. The molecule has 2 aromatic rings. The zero-order valence-corrected chi connectivity index (χ0v) is 20.3. The van der Waals surface area contributed by atoms with Gasteiger partial charge in [-0.2, -0.15) is 5.10 Å². The van der Waals surface area contributed by atoms with Gasteiger partial charge >= 0.3 is 0 Å². The van der Waals surface area contributed by atoms with Gasteiger partial charge in [-0.25, -0.2) is 0 Å². The third-order valence-corrected chi connectivity index (χ3v) is 8.78. The molecule has 1 aromatic carbocycles. The predicted octanol–water partition coefficient (Wildman–Crippen LogP) is 2.39. The minimum Gasteiger partial charge on any atom is -0.508 e. The van der Waals surface area contributed by atoms with Crippen LogP contribution in [0.15, 0.2) is 35.7 Å². The number of aromatic nitrogens is 2. The van der Waals surface area contributed by atoms with Crippen molar-refractivity contribution in [2.45, 2.75) is 62.7 Å². The Morgan fingerprint density at radius 2 is 2.09 bits per heavy atom. The molecule has 4 atom stereocenters. The van der Waals surface area contributed by atoms with Gasteiger partial charge in [-0.3, -0.25) is 14.4 Å². The van der Waals surface area contributed by atoms with Crippen LogP contribution in [0.4, 0.5) is 5.82 Å². The first-order chi connectivity index (χ1) is 16.6. The van der Waals surface area contributed by atoms with Crippen molar-refractivity contribution in [3.63, 3.8) is 0 Å². The fourth-order valence-electron chi connectivity index (χ4n) is 6.59. The molecular formula is C26H32N4O5. The van der Waals surface area contributed by atoms with E-state index in [1.165, 1.54) is 17.5 Å². The number of ether oxygens (including phenoxy) is 1. The van der Waals surface area contributed by atoms with Gasteiger partial charge in [-0.05, 0) is 63.6 Å². The maximum absolute atomic E-state index is 13.0. The van der Waals surface area contributed by atoms with E-state index < -0.39 is 23.0 Å². The summed E-state index contributed by atoms with van der Waals surface area (Å²) in [5.41, 5.74) is -0.359. The standard InChI is InChI=1S/C26H32N4O5/c1-14(24(33)28-19-8-10-27-29(19)3)21(32)23-26-9-11-30(13-15-4-5-15)18(25(26,2)34)12-16-6-7-17(31)22(35-23)20(16)26/h6-8,10,15,18,23,31-32,34H,4-5,9,11-13H2,1-3H3,(H,28,33)/b21-14-/t18-,23+,25-,26+/m1/s1. The van der Waals surface area contributed by atoms with Crippen LogP contribution >= 0.6 is 0 Å². The van der Waals surface area contributed by atoms with E-state index in [2.05, 4.69) is 15.3 Å². The van der Waals surface area contributed by atoms with Crippen LogP contribution in [0, 0.1) is 5.92 Å². The molecule has 1 saturated carbocycles. The van der Waals surface area contributed by atoms with E-state index in [-0.39, 0.29) is 23.1 Å². The van der Waals surface area contributed by atoms with E-state index in [4.69, 9.17) is 4.74 Å². The lowest BCUT2D eigenvalue weighted by Gasteiger charge is -2.59. The van der Waals surface area contributed by atoms with Gasteiger partial charge in [0.1, 0.15) is 11.6 Å². The number of carbonyl (C=O) groups excluding carboxylic acids is 1. The number of benzene rings is 1. The highest BCUT2D eigenvalue weighted by atomic mass is 16.5. The summed E-state index contributed by atoms with van der Waals surface area (Å²) in [6.45, 7) is 5.07. The Morgan fingerprint density at radius 1 is 1.31 bits per heavy atom. The number of aliphatic hydroxyl groups excluding tert-OH is 1. The molecule has 1 aromatic heterocycles. The Bertz CT molecular complexity index is 1250. The summed E-state index contributed by atoms with van der Waals surface area (Å²) >= 11 is 0. The minimum atomic E-state index is -1.25.